The quantitative estimate of drug-likeness (QED) is 0.647. The van der Waals surface area contributed by atoms with Crippen molar-refractivity contribution in [3.63, 3.8) is 0 Å². The number of nitrogens with zero attached hydrogens (tertiary/aromatic N) is 7. The van der Waals surface area contributed by atoms with E-state index in [0.717, 1.165) is 42.3 Å². The predicted octanol–water partition coefficient (Wildman–Crippen LogP) is 3.21. The molecule has 3 aliphatic carbocycles. The summed E-state index contributed by atoms with van der Waals surface area (Å²) in [6, 6.07) is 4.09. The van der Waals surface area contributed by atoms with Gasteiger partial charge >= 0.3 is 0 Å². The minimum Gasteiger partial charge on any atom is -0.321 e. The summed E-state index contributed by atoms with van der Waals surface area (Å²) in [6.45, 7) is 0. The van der Waals surface area contributed by atoms with Gasteiger partial charge in [0.2, 0.25) is 0 Å². The Morgan fingerprint density at radius 1 is 1.12 bits per heavy atom. The molecule has 1 amide bonds. The molecule has 6 rings (SSSR count). The lowest BCUT2D eigenvalue weighted by molar-refractivity contribution is 0.0962. The summed E-state index contributed by atoms with van der Waals surface area (Å²) in [5.41, 5.74) is 1.85. The molecule has 0 spiro atoms. The van der Waals surface area contributed by atoms with E-state index >= 15 is 0 Å². The molecule has 0 bridgehead atoms. The van der Waals surface area contributed by atoms with Gasteiger partial charge in [-0.1, -0.05) is 12.5 Å². The number of hydrogen-bond donors (Lipinski definition) is 1. The third-order valence-corrected chi connectivity index (χ3v) is 6.42. The van der Waals surface area contributed by atoms with Crippen LogP contribution in [0.15, 0.2) is 54.9 Å². The van der Waals surface area contributed by atoms with Crippen LogP contribution in [0.5, 0.6) is 0 Å². The maximum atomic E-state index is 12.9. The highest BCUT2D eigenvalue weighted by Crippen LogP contribution is 2.38. The molecule has 3 heterocycles. The first-order valence-corrected chi connectivity index (χ1v) is 11.2. The van der Waals surface area contributed by atoms with Crippen LogP contribution in [0.2, 0.25) is 0 Å². The molecule has 3 aliphatic rings. The first kappa shape index (κ1) is 19.1. The van der Waals surface area contributed by atoms with Gasteiger partial charge in [0.05, 0.1) is 5.69 Å². The van der Waals surface area contributed by atoms with Gasteiger partial charge in [0.25, 0.3) is 5.91 Å². The van der Waals surface area contributed by atoms with Crippen LogP contribution in [-0.4, -0.2) is 40.4 Å². The minimum absolute atomic E-state index is 0.0952. The average Bonchev–Trinajstić information content (AvgIpc) is 3.30. The number of rotatable bonds is 6. The molecule has 0 saturated heterocycles. The van der Waals surface area contributed by atoms with Crippen molar-refractivity contribution in [2.75, 3.05) is 0 Å². The van der Waals surface area contributed by atoms with Gasteiger partial charge < -0.3 is 9.88 Å². The Labute approximate surface area is 185 Å². The van der Waals surface area contributed by atoms with E-state index in [-0.39, 0.29) is 11.8 Å². The topological polar surface area (TPSA) is 103 Å². The number of carbonyl (C=O) groups is 1. The lowest BCUT2D eigenvalue weighted by Gasteiger charge is -2.21. The van der Waals surface area contributed by atoms with E-state index < -0.39 is 0 Å². The molecule has 9 nitrogen and oxygen atoms in total. The van der Waals surface area contributed by atoms with Crippen molar-refractivity contribution in [2.24, 2.45) is 0 Å². The molecule has 2 saturated carbocycles. The van der Waals surface area contributed by atoms with Gasteiger partial charge in [-0.25, -0.2) is 9.67 Å². The number of pyridine rings is 1. The fraction of sp³-hybridized carbons (Fsp3) is 0.391. The zero-order valence-electron chi connectivity index (χ0n) is 17.6. The van der Waals surface area contributed by atoms with E-state index in [1.54, 1.807) is 23.3 Å². The van der Waals surface area contributed by atoms with Gasteiger partial charge in [-0.2, -0.15) is 5.10 Å². The van der Waals surface area contributed by atoms with Gasteiger partial charge in [-0.05, 0) is 56.4 Å². The van der Waals surface area contributed by atoms with Gasteiger partial charge in [0.1, 0.15) is 24.2 Å². The SMILES string of the molecule is O=C(NC1=CC(c2nncn2C2CC2)CC=C1)c1cc(-n2cnc(C3CCC3)n2)ccn1. The predicted molar refractivity (Wildman–Crippen MR) is 116 cm³/mol. The van der Waals surface area contributed by atoms with Crippen LogP contribution in [-0.2, 0) is 0 Å². The fourth-order valence-electron chi connectivity index (χ4n) is 4.23. The Hall–Kier alpha value is -3.62. The standard InChI is InChI=1S/C23H24N8O/c32-23(20-12-19(9-10-24-20)31-13-25-21(29-31)15-3-1-4-15)27-17-6-2-5-16(11-17)22-28-26-14-30(22)18-7-8-18/h2,6,9-16,18H,1,3-5,7-8H2,(H,27,32). The van der Waals surface area contributed by atoms with Crippen LogP contribution in [0.4, 0.5) is 0 Å². The highest BCUT2D eigenvalue weighted by molar-refractivity contribution is 5.94. The molecule has 1 N–H and O–H groups in total. The van der Waals surface area contributed by atoms with Crippen molar-refractivity contribution in [3.8, 4) is 5.69 Å². The molecule has 2 fully saturated rings. The zero-order valence-corrected chi connectivity index (χ0v) is 17.6. The lowest BCUT2D eigenvalue weighted by Crippen LogP contribution is -2.24. The molecule has 3 aromatic rings. The van der Waals surface area contributed by atoms with Crippen LogP contribution >= 0.6 is 0 Å². The Bertz CT molecular complexity index is 1210. The van der Waals surface area contributed by atoms with Crippen LogP contribution in [0.1, 0.15) is 78.5 Å². The number of aromatic nitrogens is 7. The third kappa shape index (κ3) is 3.63. The van der Waals surface area contributed by atoms with Crippen molar-refractivity contribution in [1.82, 2.24) is 39.8 Å². The third-order valence-electron chi connectivity index (χ3n) is 6.42. The van der Waals surface area contributed by atoms with Crippen LogP contribution in [0.3, 0.4) is 0 Å². The second kappa shape index (κ2) is 7.81. The first-order valence-electron chi connectivity index (χ1n) is 11.2. The van der Waals surface area contributed by atoms with E-state index in [1.807, 2.05) is 24.5 Å². The fourth-order valence-corrected chi connectivity index (χ4v) is 4.23. The Balaban J connectivity index is 1.18. The van der Waals surface area contributed by atoms with E-state index in [1.165, 1.54) is 19.3 Å². The lowest BCUT2D eigenvalue weighted by atomic mass is 9.85. The van der Waals surface area contributed by atoms with E-state index in [9.17, 15) is 4.79 Å². The van der Waals surface area contributed by atoms with Crippen molar-refractivity contribution >= 4 is 5.91 Å². The highest BCUT2D eigenvalue weighted by Gasteiger charge is 2.29. The van der Waals surface area contributed by atoms with Crippen molar-refractivity contribution < 1.29 is 4.79 Å². The minimum atomic E-state index is -0.258. The number of hydrogen-bond acceptors (Lipinski definition) is 6. The molecule has 0 aromatic carbocycles. The van der Waals surface area contributed by atoms with Crippen molar-refractivity contribution in [3.05, 3.63) is 72.3 Å². The van der Waals surface area contributed by atoms with Crippen LogP contribution in [0.25, 0.3) is 5.69 Å². The molecule has 1 unspecified atom stereocenters. The van der Waals surface area contributed by atoms with E-state index in [4.69, 9.17) is 0 Å². The summed E-state index contributed by atoms with van der Waals surface area (Å²) in [7, 11) is 0. The molecule has 9 heteroatoms. The van der Waals surface area contributed by atoms with Gasteiger partial charge in [-0.3, -0.25) is 9.78 Å². The van der Waals surface area contributed by atoms with E-state index in [0.29, 0.717) is 17.7 Å². The van der Waals surface area contributed by atoms with E-state index in [2.05, 4.69) is 41.2 Å². The normalized spacial score (nSPS) is 20.6. The summed E-state index contributed by atoms with van der Waals surface area (Å²) < 4.78 is 3.88. The molecule has 0 radical (unpaired) electrons. The first-order chi connectivity index (χ1) is 15.7. The van der Waals surface area contributed by atoms with Crippen molar-refractivity contribution in [2.45, 2.75) is 56.4 Å². The maximum Gasteiger partial charge on any atom is 0.274 e. The molecule has 162 valence electrons. The molecule has 32 heavy (non-hydrogen) atoms. The Morgan fingerprint density at radius 3 is 2.84 bits per heavy atom. The largest absolute Gasteiger partial charge is 0.321 e. The summed E-state index contributed by atoms with van der Waals surface area (Å²) in [6.07, 6.45) is 17.9. The molecule has 1 atom stereocenters. The van der Waals surface area contributed by atoms with Gasteiger partial charge in [0, 0.05) is 29.8 Å². The van der Waals surface area contributed by atoms with Crippen LogP contribution < -0.4 is 5.32 Å². The maximum absolute atomic E-state index is 12.9. The highest BCUT2D eigenvalue weighted by atomic mass is 16.1. The molecular formula is C23H24N8O. The summed E-state index contributed by atoms with van der Waals surface area (Å²) in [5, 5.41) is 16.0. The average molecular weight is 429 g/mol. The van der Waals surface area contributed by atoms with Crippen molar-refractivity contribution in [1.29, 1.82) is 0 Å². The summed E-state index contributed by atoms with van der Waals surface area (Å²) >= 11 is 0. The van der Waals surface area contributed by atoms with Crippen LogP contribution in [0, 0.1) is 0 Å². The Kier molecular flexibility index (Phi) is 4.66. The monoisotopic (exact) mass is 428 g/mol. The number of carbonyl (C=O) groups excluding carboxylic acids is 1. The second-order valence-electron chi connectivity index (χ2n) is 8.72. The number of allylic oxidation sites excluding steroid dienone is 3. The zero-order chi connectivity index (χ0) is 21.5. The van der Waals surface area contributed by atoms with Gasteiger partial charge in [-0.15, -0.1) is 10.2 Å². The molecule has 3 aromatic heterocycles. The molecular weight excluding hydrogens is 404 g/mol. The summed E-state index contributed by atoms with van der Waals surface area (Å²) in [5.74, 6) is 2.13. The number of nitrogens with one attached hydrogen (secondary N) is 1. The smallest absolute Gasteiger partial charge is 0.274 e. The molecule has 0 aliphatic heterocycles. The Morgan fingerprint density at radius 2 is 2.03 bits per heavy atom. The second-order valence-corrected chi connectivity index (χ2v) is 8.72. The number of amides is 1. The van der Waals surface area contributed by atoms with Gasteiger partial charge in [0.15, 0.2) is 5.82 Å². The summed E-state index contributed by atoms with van der Waals surface area (Å²) in [4.78, 5) is 21.6.